The minimum Gasteiger partial charge on any atom is -0.358 e. The molecule has 21 heavy (non-hydrogen) atoms. The average molecular weight is 311 g/mol. The Hall–Kier alpha value is -1.69. The molecule has 1 amide bonds. The number of ketones is 1. The van der Waals surface area contributed by atoms with Gasteiger partial charge in [-0.1, -0.05) is 26.0 Å². The van der Waals surface area contributed by atoms with Crippen LogP contribution in [-0.2, 0) is 14.6 Å². The Kier molecular flexibility index (Phi) is 6.08. The first-order valence-corrected chi connectivity index (χ1v) is 8.58. The Bertz CT molecular complexity index is 601. The summed E-state index contributed by atoms with van der Waals surface area (Å²) in [5.74, 6) is -1.18. The van der Waals surface area contributed by atoms with Crippen LogP contribution in [0.15, 0.2) is 29.2 Å². The van der Waals surface area contributed by atoms with Gasteiger partial charge in [0.15, 0.2) is 15.6 Å². The number of hydrogen-bond acceptors (Lipinski definition) is 4. The molecule has 0 saturated carbocycles. The summed E-state index contributed by atoms with van der Waals surface area (Å²) in [6.45, 7) is 3.91. The van der Waals surface area contributed by atoms with E-state index in [-0.39, 0.29) is 16.6 Å². The fourth-order valence-corrected chi connectivity index (χ4v) is 3.26. The van der Waals surface area contributed by atoms with Crippen molar-refractivity contribution in [1.82, 2.24) is 5.32 Å². The molecule has 0 aliphatic rings. The van der Waals surface area contributed by atoms with Gasteiger partial charge in [-0.15, -0.1) is 0 Å². The Morgan fingerprint density at radius 3 is 2.05 bits per heavy atom. The van der Waals surface area contributed by atoms with E-state index in [1.54, 1.807) is 0 Å². The van der Waals surface area contributed by atoms with E-state index < -0.39 is 21.5 Å². The van der Waals surface area contributed by atoms with Gasteiger partial charge < -0.3 is 5.32 Å². The predicted molar refractivity (Wildman–Crippen MR) is 81.0 cm³/mol. The fraction of sp³-hybridized carbons (Fsp3) is 0.467. The van der Waals surface area contributed by atoms with Gasteiger partial charge >= 0.3 is 0 Å². The normalized spacial score (nSPS) is 11.4. The summed E-state index contributed by atoms with van der Waals surface area (Å²) < 4.78 is 24.0. The number of Topliss-reactive ketones (excluding diaryl/α,β-unsaturated/α-hetero) is 1. The Morgan fingerprint density at radius 1 is 1.10 bits per heavy atom. The summed E-state index contributed by atoms with van der Waals surface area (Å²) in [6, 6.07) is 5.79. The molecule has 0 aliphatic carbocycles. The number of carbonyl (C=O) groups is 2. The number of amides is 1. The van der Waals surface area contributed by atoms with E-state index in [1.807, 2.05) is 13.8 Å². The molecule has 0 fully saturated rings. The smallest absolute Gasteiger partial charge is 0.235 e. The highest BCUT2D eigenvalue weighted by atomic mass is 32.2. The molecule has 0 spiro atoms. The lowest BCUT2D eigenvalue weighted by Crippen LogP contribution is -2.27. The van der Waals surface area contributed by atoms with E-state index in [4.69, 9.17) is 0 Å². The molecular formula is C15H21NO4S. The lowest BCUT2D eigenvalue weighted by atomic mass is 9.93. The number of hydrogen-bond donors (Lipinski definition) is 1. The van der Waals surface area contributed by atoms with Gasteiger partial charge in [-0.05, 0) is 25.0 Å². The Morgan fingerprint density at radius 2 is 1.62 bits per heavy atom. The van der Waals surface area contributed by atoms with Gasteiger partial charge in [0, 0.05) is 18.5 Å². The quantitative estimate of drug-likeness (QED) is 0.779. The number of carbonyl (C=O) groups excluding carboxylic acids is 2. The predicted octanol–water partition coefficient (Wildman–Crippen LogP) is 1.83. The second-order valence-electron chi connectivity index (χ2n) is 4.83. The number of benzene rings is 1. The minimum absolute atomic E-state index is 0.0234. The van der Waals surface area contributed by atoms with Gasteiger partial charge in [0.2, 0.25) is 5.91 Å². The van der Waals surface area contributed by atoms with Gasteiger partial charge in [-0.3, -0.25) is 9.59 Å². The molecule has 116 valence electrons. The highest BCUT2D eigenvalue weighted by molar-refractivity contribution is 7.92. The second-order valence-corrected chi connectivity index (χ2v) is 6.82. The lowest BCUT2D eigenvalue weighted by Gasteiger charge is -2.11. The van der Waals surface area contributed by atoms with Crippen molar-refractivity contribution in [3.8, 4) is 0 Å². The molecule has 0 saturated heterocycles. The number of sulfone groups is 1. The highest BCUT2D eigenvalue weighted by Gasteiger charge is 2.20. The first-order valence-electron chi connectivity index (χ1n) is 6.93. The molecule has 1 aromatic rings. The van der Waals surface area contributed by atoms with Crippen molar-refractivity contribution >= 4 is 21.5 Å². The van der Waals surface area contributed by atoms with E-state index in [2.05, 4.69) is 5.32 Å². The van der Waals surface area contributed by atoms with Crippen LogP contribution in [0.3, 0.4) is 0 Å². The summed E-state index contributed by atoms with van der Waals surface area (Å²) in [4.78, 5) is 23.4. The zero-order valence-electron chi connectivity index (χ0n) is 12.5. The van der Waals surface area contributed by atoms with Crippen LogP contribution < -0.4 is 5.32 Å². The highest BCUT2D eigenvalue weighted by Crippen LogP contribution is 2.18. The summed E-state index contributed by atoms with van der Waals surface area (Å²) in [5, 5.41) is 2.28. The number of rotatable bonds is 7. The van der Waals surface area contributed by atoms with Crippen molar-refractivity contribution in [2.75, 3.05) is 12.8 Å². The van der Waals surface area contributed by atoms with Crippen molar-refractivity contribution in [3.05, 3.63) is 29.8 Å². The Balaban J connectivity index is 2.97. The van der Waals surface area contributed by atoms with E-state index in [0.29, 0.717) is 5.56 Å². The third-order valence-corrected chi connectivity index (χ3v) is 5.09. The third-order valence-electron chi connectivity index (χ3n) is 3.45. The summed E-state index contributed by atoms with van der Waals surface area (Å²) in [5.41, 5.74) is 0.502. The van der Waals surface area contributed by atoms with Gasteiger partial charge in [-0.25, -0.2) is 8.42 Å². The molecule has 0 unspecified atom stereocenters. The maximum atomic E-state index is 12.2. The van der Waals surface area contributed by atoms with Crippen molar-refractivity contribution in [2.24, 2.45) is 5.92 Å². The molecule has 1 aromatic carbocycles. The number of nitrogens with one attached hydrogen (secondary N) is 1. The standard InChI is InChI=1S/C15H21NO4S/c1-4-11(5-2)15(18)12-6-8-13(9-7-12)21(19,20)10-14(17)16-3/h6-9,11H,4-5,10H2,1-3H3,(H,16,17). The molecule has 1 N–H and O–H groups in total. The molecule has 1 rings (SSSR count). The molecular weight excluding hydrogens is 290 g/mol. The van der Waals surface area contributed by atoms with Crippen molar-refractivity contribution in [2.45, 2.75) is 31.6 Å². The lowest BCUT2D eigenvalue weighted by molar-refractivity contribution is -0.118. The third kappa shape index (κ3) is 4.39. The molecule has 5 nitrogen and oxygen atoms in total. The largest absolute Gasteiger partial charge is 0.358 e. The molecule has 0 radical (unpaired) electrons. The Labute approximate surface area is 125 Å². The van der Waals surface area contributed by atoms with Crippen LogP contribution in [0.4, 0.5) is 0 Å². The van der Waals surface area contributed by atoms with Crippen LogP contribution in [0.5, 0.6) is 0 Å². The van der Waals surface area contributed by atoms with E-state index >= 15 is 0 Å². The van der Waals surface area contributed by atoms with Crippen molar-refractivity contribution in [3.63, 3.8) is 0 Å². The topological polar surface area (TPSA) is 80.3 Å². The first kappa shape index (κ1) is 17.4. The maximum Gasteiger partial charge on any atom is 0.235 e. The van der Waals surface area contributed by atoms with Crippen LogP contribution in [0.2, 0.25) is 0 Å². The molecule has 0 heterocycles. The van der Waals surface area contributed by atoms with Crippen molar-refractivity contribution < 1.29 is 18.0 Å². The molecule has 0 bridgehead atoms. The second kappa shape index (κ2) is 7.36. The monoisotopic (exact) mass is 311 g/mol. The average Bonchev–Trinajstić information content (AvgIpc) is 2.48. The fourth-order valence-electron chi connectivity index (χ4n) is 2.05. The maximum absolute atomic E-state index is 12.2. The summed E-state index contributed by atoms with van der Waals surface area (Å²) >= 11 is 0. The minimum atomic E-state index is -3.67. The van der Waals surface area contributed by atoms with Gasteiger partial charge in [-0.2, -0.15) is 0 Å². The van der Waals surface area contributed by atoms with Crippen LogP contribution in [0, 0.1) is 5.92 Å². The SMILES string of the molecule is CCC(CC)C(=O)c1ccc(S(=O)(=O)CC(=O)NC)cc1. The summed E-state index contributed by atoms with van der Waals surface area (Å²) in [6.07, 6.45) is 1.51. The molecule has 0 aliphatic heterocycles. The van der Waals surface area contributed by atoms with E-state index in [1.165, 1.54) is 31.3 Å². The molecule has 0 aromatic heterocycles. The van der Waals surface area contributed by atoms with Crippen LogP contribution in [-0.4, -0.2) is 32.9 Å². The molecule has 0 atom stereocenters. The van der Waals surface area contributed by atoms with E-state index in [9.17, 15) is 18.0 Å². The zero-order chi connectivity index (χ0) is 16.0. The van der Waals surface area contributed by atoms with Crippen molar-refractivity contribution in [1.29, 1.82) is 0 Å². The first-order chi connectivity index (χ1) is 9.85. The van der Waals surface area contributed by atoms with Crippen LogP contribution in [0.1, 0.15) is 37.0 Å². The zero-order valence-corrected chi connectivity index (χ0v) is 13.4. The summed E-state index contributed by atoms with van der Waals surface area (Å²) in [7, 11) is -2.28. The van der Waals surface area contributed by atoms with E-state index in [0.717, 1.165) is 12.8 Å². The van der Waals surface area contributed by atoms with Gasteiger partial charge in [0.25, 0.3) is 0 Å². The van der Waals surface area contributed by atoms with Crippen LogP contribution >= 0.6 is 0 Å². The molecule has 6 heteroatoms. The van der Waals surface area contributed by atoms with Crippen LogP contribution in [0.25, 0.3) is 0 Å². The van der Waals surface area contributed by atoms with Gasteiger partial charge in [0.05, 0.1) is 4.90 Å². The van der Waals surface area contributed by atoms with Gasteiger partial charge in [0.1, 0.15) is 5.75 Å².